The highest BCUT2D eigenvalue weighted by molar-refractivity contribution is 8.00. The van der Waals surface area contributed by atoms with E-state index in [1.54, 1.807) is 24.0 Å². The average Bonchev–Trinajstić information content (AvgIpc) is 2.46. The van der Waals surface area contributed by atoms with Crippen molar-refractivity contribution < 1.29 is 14.3 Å². The van der Waals surface area contributed by atoms with Crippen LogP contribution < -0.4 is 4.90 Å². The van der Waals surface area contributed by atoms with Crippen LogP contribution in [0.5, 0.6) is 0 Å². The van der Waals surface area contributed by atoms with Gasteiger partial charge in [0.05, 0.1) is 23.6 Å². The zero-order valence-electron chi connectivity index (χ0n) is 11.8. The van der Waals surface area contributed by atoms with Gasteiger partial charge in [-0.1, -0.05) is 13.3 Å². The monoisotopic (exact) mass is 293 g/mol. The number of anilines is 1. The van der Waals surface area contributed by atoms with E-state index >= 15 is 0 Å². The fraction of sp³-hybridized carbons (Fsp3) is 0.467. The molecule has 1 heterocycles. The highest BCUT2D eigenvalue weighted by Gasteiger charge is 2.25. The van der Waals surface area contributed by atoms with Crippen LogP contribution in [0.25, 0.3) is 0 Å². The molecule has 0 unspecified atom stereocenters. The predicted octanol–water partition coefficient (Wildman–Crippen LogP) is 3.10. The minimum Gasteiger partial charge on any atom is -0.462 e. The molecule has 0 saturated heterocycles. The van der Waals surface area contributed by atoms with E-state index < -0.39 is 0 Å². The summed E-state index contributed by atoms with van der Waals surface area (Å²) in [6.07, 6.45) is 1.99. The van der Waals surface area contributed by atoms with Crippen LogP contribution in [-0.4, -0.2) is 30.8 Å². The smallest absolute Gasteiger partial charge is 0.338 e. The lowest BCUT2D eigenvalue weighted by Crippen LogP contribution is -2.36. The SMILES string of the molecule is CCCCN1C(=O)CSc2ccc(C(=O)OCC)cc21. The Bertz CT molecular complexity index is 516. The first kappa shape index (κ1) is 14.9. The molecule has 1 aromatic rings. The van der Waals surface area contributed by atoms with Gasteiger partial charge in [-0.2, -0.15) is 0 Å². The predicted molar refractivity (Wildman–Crippen MR) is 80.4 cm³/mol. The Balaban J connectivity index is 2.30. The number of esters is 1. The molecule has 0 saturated carbocycles. The number of carbonyl (C=O) groups excluding carboxylic acids is 2. The molecule has 0 aliphatic carbocycles. The number of rotatable bonds is 5. The molecule has 0 bridgehead atoms. The highest BCUT2D eigenvalue weighted by atomic mass is 32.2. The fourth-order valence-electron chi connectivity index (χ4n) is 2.10. The van der Waals surface area contributed by atoms with Gasteiger partial charge < -0.3 is 9.64 Å². The van der Waals surface area contributed by atoms with Crippen molar-refractivity contribution in [2.45, 2.75) is 31.6 Å². The summed E-state index contributed by atoms with van der Waals surface area (Å²) in [6.45, 7) is 4.93. The van der Waals surface area contributed by atoms with Crippen LogP contribution in [0.4, 0.5) is 5.69 Å². The van der Waals surface area contributed by atoms with Crippen molar-refractivity contribution in [3.8, 4) is 0 Å². The van der Waals surface area contributed by atoms with Crippen molar-refractivity contribution in [3.63, 3.8) is 0 Å². The Hall–Kier alpha value is -1.49. The summed E-state index contributed by atoms with van der Waals surface area (Å²) in [5.74, 6) is 0.237. The van der Waals surface area contributed by atoms with E-state index in [9.17, 15) is 9.59 Å². The number of thioether (sulfide) groups is 1. The van der Waals surface area contributed by atoms with Crippen LogP contribution in [0.15, 0.2) is 23.1 Å². The van der Waals surface area contributed by atoms with E-state index in [0.29, 0.717) is 24.5 Å². The van der Waals surface area contributed by atoms with Crippen molar-refractivity contribution in [1.29, 1.82) is 0 Å². The molecular formula is C15H19NO3S. The lowest BCUT2D eigenvalue weighted by atomic mass is 10.1. The van der Waals surface area contributed by atoms with Crippen LogP contribution in [-0.2, 0) is 9.53 Å². The van der Waals surface area contributed by atoms with E-state index in [0.717, 1.165) is 23.4 Å². The summed E-state index contributed by atoms with van der Waals surface area (Å²) in [7, 11) is 0. The van der Waals surface area contributed by atoms with Crippen LogP contribution in [0.3, 0.4) is 0 Å². The zero-order chi connectivity index (χ0) is 14.5. The maximum atomic E-state index is 12.1. The first-order valence-corrected chi connectivity index (χ1v) is 7.90. The molecule has 2 rings (SSSR count). The lowest BCUT2D eigenvalue weighted by molar-refractivity contribution is -0.116. The molecule has 20 heavy (non-hydrogen) atoms. The van der Waals surface area contributed by atoms with E-state index in [2.05, 4.69) is 6.92 Å². The Morgan fingerprint density at radius 1 is 1.40 bits per heavy atom. The van der Waals surface area contributed by atoms with Crippen molar-refractivity contribution in [2.24, 2.45) is 0 Å². The van der Waals surface area contributed by atoms with E-state index in [1.807, 2.05) is 6.07 Å². The maximum Gasteiger partial charge on any atom is 0.338 e. The summed E-state index contributed by atoms with van der Waals surface area (Å²) in [5, 5.41) is 0. The Morgan fingerprint density at radius 2 is 2.20 bits per heavy atom. The minimum atomic E-state index is -0.339. The molecule has 0 N–H and O–H groups in total. The van der Waals surface area contributed by atoms with Gasteiger partial charge >= 0.3 is 5.97 Å². The van der Waals surface area contributed by atoms with Gasteiger partial charge in [-0.25, -0.2) is 4.79 Å². The highest BCUT2D eigenvalue weighted by Crippen LogP contribution is 2.36. The van der Waals surface area contributed by atoms with Gasteiger partial charge in [-0.05, 0) is 31.5 Å². The first-order chi connectivity index (χ1) is 9.67. The summed E-state index contributed by atoms with van der Waals surface area (Å²) < 4.78 is 5.01. The summed E-state index contributed by atoms with van der Waals surface area (Å²) >= 11 is 1.52. The molecule has 1 amide bonds. The molecule has 0 aromatic heterocycles. The van der Waals surface area contributed by atoms with Gasteiger partial charge in [0.25, 0.3) is 0 Å². The normalized spacial score (nSPS) is 14.1. The second kappa shape index (κ2) is 6.79. The summed E-state index contributed by atoms with van der Waals surface area (Å²) in [6, 6.07) is 5.43. The van der Waals surface area contributed by atoms with Gasteiger partial charge in [0.2, 0.25) is 5.91 Å². The Morgan fingerprint density at radius 3 is 2.90 bits per heavy atom. The van der Waals surface area contributed by atoms with Gasteiger partial charge in [0, 0.05) is 11.4 Å². The van der Waals surface area contributed by atoms with Gasteiger partial charge in [-0.15, -0.1) is 11.8 Å². The van der Waals surface area contributed by atoms with Gasteiger partial charge in [0.1, 0.15) is 0 Å². The number of carbonyl (C=O) groups is 2. The molecule has 0 atom stereocenters. The number of benzene rings is 1. The number of fused-ring (bicyclic) bond motifs is 1. The number of hydrogen-bond donors (Lipinski definition) is 0. The molecule has 5 heteroatoms. The number of hydrogen-bond acceptors (Lipinski definition) is 4. The van der Waals surface area contributed by atoms with E-state index in [4.69, 9.17) is 4.74 Å². The molecule has 0 radical (unpaired) electrons. The minimum absolute atomic E-state index is 0.108. The second-order valence-corrected chi connectivity index (χ2v) is 5.61. The van der Waals surface area contributed by atoms with Crippen LogP contribution in [0.2, 0.25) is 0 Å². The first-order valence-electron chi connectivity index (χ1n) is 6.91. The molecule has 4 nitrogen and oxygen atoms in total. The molecule has 1 aliphatic rings. The Labute approximate surface area is 123 Å². The van der Waals surface area contributed by atoms with Crippen molar-refractivity contribution in [1.82, 2.24) is 0 Å². The standard InChI is InChI=1S/C15H19NO3S/c1-3-5-8-16-12-9-11(15(18)19-4-2)6-7-13(12)20-10-14(16)17/h6-7,9H,3-5,8,10H2,1-2H3. The number of ether oxygens (including phenoxy) is 1. The van der Waals surface area contributed by atoms with Gasteiger partial charge in [0.15, 0.2) is 0 Å². The van der Waals surface area contributed by atoms with Crippen molar-refractivity contribution in [3.05, 3.63) is 23.8 Å². The van der Waals surface area contributed by atoms with Crippen molar-refractivity contribution in [2.75, 3.05) is 23.8 Å². The quantitative estimate of drug-likeness (QED) is 0.783. The molecular weight excluding hydrogens is 274 g/mol. The lowest BCUT2D eigenvalue weighted by Gasteiger charge is -2.29. The average molecular weight is 293 g/mol. The third-order valence-corrected chi connectivity index (χ3v) is 4.20. The molecule has 1 aromatic carbocycles. The van der Waals surface area contributed by atoms with Gasteiger partial charge in [-0.3, -0.25) is 4.79 Å². The van der Waals surface area contributed by atoms with Crippen LogP contribution >= 0.6 is 11.8 Å². The Kier molecular flexibility index (Phi) is 5.06. The number of unbranched alkanes of at least 4 members (excludes halogenated alkanes) is 1. The van der Waals surface area contributed by atoms with E-state index in [1.165, 1.54) is 11.8 Å². The molecule has 1 aliphatic heterocycles. The summed E-state index contributed by atoms with van der Waals surface area (Å²) in [5.41, 5.74) is 1.34. The number of amides is 1. The van der Waals surface area contributed by atoms with E-state index in [-0.39, 0.29) is 11.9 Å². The topological polar surface area (TPSA) is 46.6 Å². The molecule has 0 spiro atoms. The maximum absolute atomic E-state index is 12.1. The molecule has 0 fully saturated rings. The fourth-order valence-corrected chi connectivity index (χ4v) is 3.02. The third-order valence-electron chi connectivity index (χ3n) is 3.15. The second-order valence-electron chi connectivity index (χ2n) is 4.59. The summed E-state index contributed by atoms with van der Waals surface area (Å²) in [4.78, 5) is 26.7. The third kappa shape index (κ3) is 3.15. The molecule has 108 valence electrons. The number of nitrogens with zero attached hydrogens (tertiary/aromatic N) is 1. The largest absolute Gasteiger partial charge is 0.462 e. The van der Waals surface area contributed by atoms with Crippen LogP contribution in [0, 0.1) is 0 Å². The van der Waals surface area contributed by atoms with Crippen molar-refractivity contribution >= 4 is 29.3 Å². The van der Waals surface area contributed by atoms with Crippen LogP contribution in [0.1, 0.15) is 37.0 Å². The zero-order valence-corrected chi connectivity index (χ0v) is 12.7.